The third-order valence-electron chi connectivity index (χ3n) is 5.06. The van der Waals surface area contributed by atoms with Gasteiger partial charge in [-0.05, 0) is 18.1 Å². The van der Waals surface area contributed by atoms with Crippen molar-refractivity contribution in [1.29, 1.82) is 0 Å². The highest BCUT2D eigenvalue weighted by Crippen LogP contribution is 2.47. The molecule has 0 bridgehead atoms. The first-order valence-electron chi connectivity index (χ1n) is 9.36. The zero-order valence-corrected chi connectivity index (χ0v) is 19.0. The van der Waals surface area contributed by atoms with Gasteiger partial charge in [-0.1, -0.05) is 81.4 Å². The SMILES string of the molecule is CC(C)(C)C1=C(c2ccccc2)C(c2ccccc2)=C(O[SiH3])C(C)(C(=O)O)N1. The lowest BCUT2D eigenvalue weighted by Crippen LogP contribution is -2.55. The maximum Gasteiger partial charge on any atom is 0.337 e. The number of aliphatic carboxylic acids is 1. The van der Waals surface area contributed by atoms with E-state index in [1.54, 1.807) is 6.92 Å². The third-order valence-corrected chi connectivity index (χ3v) is 5.47. The number of dihydropyridines is 1. The summed E-state index contributed by atoms with van der Waals surface area (Å²) in [7, 11) is 0.389. The number of carboxylic acid groups (broad SMARTS) is 1. The van der Waals surface area contributed by atoms with Crippen molar-refractivity contribution in [2.24, 2.45) is 5.41 Å². The van der Waals surface area contributed by atoms with Crippen molar-refractivity contribution >= 4 is 27.6 Å². The van der Waals surface area contributed by atoms with Crippen LogP contribution in [0.5, 0.6) is 0 Å². The van der Waals surface area contributed by atoms with E-state index in [1.165, 1.54) is 0 Å². The molecule has 0 saturated heterocycles. The lowest BCUT2D eigenvalue weighted by Gasteiger charge is -2.42. The van der Waals surface area contributed by atoms with E-state index in [1.807, 2.05) is 48.5 Å². The molecule has 0 amide bonds. The molecule has 0 fully saturated rings. The van der Waals surface area contributed by atoms with E-state index in [-0.39, 0.29) is 5.41 Å². The Morgan fingerprint density at radius 2 is 1.43 bits per heavy atom. The molecule has 1 atom stereocenters. The molecule has 0 aliphatic carbocycles. The van der Waals surface area contributed by atoms with Crippen molar-refractivity contribution in [1.82, 2.24) is 5.32 Å². The van der Waals surface area contributed by atoms with Gasteiger partial charge in [0.1, 0.15) is 5.76 Å². The quantitative estimate of drug-likeness (QED) is 0.780. The summed E-state index contributed by atoms with van der Waals surface area (Å²) in [5.74, 6) is -0.495. The molecule has 5 heteroatoms. The molecule has 0 saturated carbocycles. The van der Waals surface area contributed by atoms with E-state index in [0.29, 0.717) is 16.2 Å². The maximum absolute atomic E-state index is 12.4. The fourth-order valence-corrected chi connectivity index (χ4v) is 4.26. The molecule has 0 aromatic heterocycles. The molecule has 0 spiro atoms. The molecular formula is C23H27NO3Si. The summed E-state index contributed by atoms with van der Waals surface area (Å²) < 4.78 is 5.89. The van der Waals surface area contributed by atoms with Crippen LogP contribution in [-0.4, -0.2) is 27.1 Å². The van der Waals surface area contributed by atoms with E-state index >= 15 is 0 Å². The van der Waals surface area contributed by atoms with Crippen LogP contribution < -0.4 is 5.32 Å². The minimum absolute atomic E-state index is 0.293. The molecule has 4 nitrogen and oxygen atoms in total. The number of hydrogen-bond acceptors (Lipinski definition) is 3. The van der Waals surface area contributed by atoms with Crippen LogP contribution >= 0.6 is 0 Å². The van der Waals surface area contributed by atoms with Crippen LogP contribution in [0.1, 0.15) is 38.8 Å². The van der Waals surface area contributed by atoms with Crippen LogP contribution in [0.15, 0.2) is 72.1 Å². The Kier molecular flexibility index (Phi) is 5.22. The first-order valence-corrected chi connectivity index (χ1v) is 10.2. The monoisotopic (exact) mass is 393 g/mol. The fourth-order valence-electron chi connectivity index (χ4n) is 3.65. The standard InChI is InChI=1S/C23H27NO3Si/c1-22(2,3)19-17(15-11-7-5-8-12-15)18(16-13-9-6-10-14-16)20(27-28)23(4,24-19)21(25)26/h5-14,24H,1-4,28H3,(H,25,26). The second-order valence-electron chi connectivity index (χ2n) is 8.20. The van der Waals surface area contributed by atoms with Crippen molar-refractivity contribution in [2.75, 3.05) is 0 Å². The van der Waals surface area contributed by atoms with Gasteiger partial charge in [0.2, 0.25) is 10.5 Å². The van der Waals surface area contributed by atoms with Gasteiger partial charge in [0.05, 0.1) is 0 Å². The molecule has 1 aliphatic rings. The molecule has 146 valence electrons. The van der Waals surface area contributed by atoms with Crippen LogP contribution in [0, 0.1) is 5.41 Å². The molecule has 1 heterocycles. The van der Waals surface area contributed by atoms with E-state index in [2.05, 4.69) is 38.2 Å². The summed E-state index contributed by atoms with van der Waals surface area (Å²) in [6, 6.07) is 20.0. The molecule has 2 aromatic rings. The van der Waals surface area contributed by atoms with E-state index in [4.69, 9.17) is 4.43 Å². The predicted molar refractivity (Wildman–Crippen MR) is 116 cm³/mol. The average molecular weight is 394 g/mol. The Bertz CT molecular complexity index is 943. The summed E-state index contributed by atoms with van der Waals surface area (Å²) in [5.41, 5.74) is 3.07. The van der Waals surface area contributed by atoms with Crippen molar-refractivity contribution in [3.05, 3.63) is 83.2 Å². The highest BCUT2D eigenvalue weighted by molar-refractivity contribution is 6.12. The Balaban J connectivity index is 2.47. The van der Waals surface area contributed by atoms with Gasteiger partial charge in [-0.3, -0.25) is 0 Å². The van der Waals surface area contributed by atoms with Gasteiger partial charge >= 0.3 is 5.97 Å². The minimum Gasteiger partial charge on any atom is -0.554 e. The maximum atomic E-state index is 12.4. The molecule has 1 unspecified atom stereocenters. The molecule has 3 rings (SSSR count). The number of hydrogen-bond donors (Lipinski definition) is 2. The van der Waals surface area contributed by atoms with Gasteiger partial charge in [0.15, 0.2) is 5.54 Å². The molecule has 2 aromatic carbocycles. The molecule has 28 heavy (non-hydrogen) atoms. The van der Waals surface area contributed by atoms with Crippen molar-refractivity contribution < 1.29 is 14.3 Å². The zero-order valence-electron chi connectivity index (χ0n) is 17.0. The van der Waals surface area contributed by atoms with Crippen LogP contribution in [0.3, 0.4) is 0 Å². The number of carbonyl (C=O) groups is 1. The molecule has 1 aliphatic heterocycles. The van der Waals surface area contributed by atoms with E-state index in [9.17, 15) is 9.90 Å². The zero-order chi connectivity index (χ0) is 20.5. The van der Waals surface area contributed by atoms with E-state index < -0.39 is 11.5 Å². The normalized spacial score (nSPS) is 20.1. The number of allylic oxidation sites excluding steroid dienone is 3. The van der Waals surface area contributed by atoms with Crippen molar-refractivity contribution in [3.63, 3.8) is 0 Å². The fraction of sp³-hybridized carbons (Fsp3) is 0.261. The van der Waals surface area contributed by atoms with Crippen LogP contribution in [-0.2, 0) is 9.22 Å². The summed E-state index contributed by atoms with van der Waals surface area (Å²) in [6.07, 6.45) is 0. The van der Waals surface area contributed by atoms with E-state index in [0.717, 1.165) is 28.0 Å². The van der Waals surface area contributed by atoms with Crippen molar-refractivity contribution in [3.8, 4) is 0 Å². The van der Waals surface area contributed by atoms with Crippen LogP contribution in [0.25, 0.3) is 11.1 Å². The van der Waals surface area contributed by atoms with Gasteiger partial charge in [-0.2, -0.15) is 0 Å². The lowest BCUT2D eigenvalue weighted by atomic mass is 9.75. The predicted octanol–water partition coefficient (Wildman–Crippen LogP) is 3.60. The molecule has 2 N–H and O–H groups in total. The third kappa shape index (κ3) is 3.38. The first kappa shape index (κ1) is 20.0. The molecular weight excluding hydrogens is 366 g/mol. The van der Waals surface area contributed by atoms with Gasteiger partial charge in [-0.15, -0.1) is 0 Å². The Labute approximate surface area is 169 Å². The topological polar surface area (TPSA) is 58.6 Å². The minimum atomic E-state index is -1.34. The number of rotatable bonds is 4. The lowest BCUT2D eigenvalue weighted by molar-refractivity contribution is -0.143. The summed E-state index contributed by atoms with van der Waals surface area (Å²) in [5, 5.41) is 13.5. The van der Waals surface area contributed by atoms with Crippen molar-refractivity contribution in [2.45, 2.75) is 33.2 Å². The summed E-state index contributed by atoms with van der Waals surface area (Å²) in [4.78, 5) is 12.4. The average Bonchev–Trinajstić information content (AvgIpc) is 2.67. The van der Waals surface area contributed by atoms with Gasteiger partial charge in [0, 0.05) is 22.3 Å². The van der Waals surface area contributed by atoms with Gasteiger partial charge in [-0.25, -0.2) is 4.79 Å². The molecule has 0 radical (unpaired) electrons. The highest BCUT2D eigenvalue weighted by atomic mass is 28.2. The summed E-state index contributed by atoms with van der Waals surface area (Å²) >= 11 is 0. The van der Waals surface area contributed by atoms with Gasteiger partial charge in [0.25, 0.3) is 0 Å². The van der Waals surface area contributed by atoms with Crippen LogP contribution in [0.4, 0.5) is 0 Å². The highest BCUT2D eigenvalue weighted by Gasteiger charge is 2.47. The second-order valence-corrected chi connectivity index (χ2v) is 8.60. The first-order chi connectivity index (χ1) is 13.2. The Morgan fingerprint density at radius 1 is 0.964 bits per heavy atom. The largest absolute Gasteiger partial charge is 0.554 e. The summed E-state index contributed by atoms with van der Waals surface area (Å²) in [6.45, 7) is 7.96. The van der Waals surface area contributed by atoms with Crippen LogP contribution in [0.2, 0.25) is 0 Å². The van der Waals surface area contributed by atoms with Gasteiger partial charge < -0.3 is 14.8 Å². The Hall–Kier alpha value is -2.79. The number of carboxylic acids is 1. The Morgan fingerprint density at radius 3 is 1.82 bits per heavy atom. The number of benzene rings is 2. The second kappa shape index (κ2) is 7.32. The smallest absolute Gasteiger partial charge is 0.337 e. The number of nitrogens with one attached hydrogen (secondary N) is 1.